The maximum absolute atomic E-state index is 13.0. The Morgan fingerprint density at radius 3 is 2.84 bits per heavy atom. The minimum absolute atomic E-state index is 0.0940. The molecule has 1 saturated heterocycles. The van der Waals surface area contributed by atoms with E-state index in [1.165, 1.54) is 17.1 Å². The van der Waals surface area contributed by atoms with Crippen LogP contribution < -0.4 is 11.1 Å². The average molecular weight is 580 g/mol. The third kappa shape index (κ3) is 5.56. The first-order valence-electron chi connectivity index (χ1n) is 10.4. The molecule has 4 rings (SSSR count). The van der Waals surface area contributed by atoms with E-state index in [-0.39, 0.29) is 45.5 Å². The molecule has 0 spiro atoms. The van der Waals surface area contributed by atoms with Crippen molar-refractivity contribution < 1.29 is 34.2 Å². The van der Waals surface area contributed by atoms with Crippen LogP contribution in [0.1, 0.15) is 5.69 Å². The van der Waals surface area contributed by atoms with Crippen LogP contribution in [0.4, 0.5) is 5.13 Å². The lowest BCUT2D eigenvalue weighted by Gasteiger charge is -2.49. The predicted octanol–water partition coefficient (Wildman–Crippen LogP) is -1.32. The summed E-state index contributed by atoms with van der Waals surface area (Å²) < 4.78 is 1.07. The maximum Gasteiger partial charge on any atom is 0.352 e. The number of anilines is 1. The zero-order valence-corrected chi connectivity index (χ0v) is 21.5. The number of β-lactam (4-membered cyclic amide) rings is 1. The number of carbonyl (C=O) groups excluding carboxylic acids is 2. The highest BCUT2D eigenvalue weighted by Gasteiger charge is 2.54. The monoisotopic (exact) mass is 579 g/mol. The molecule has 198 valence electrons. The van der Waals surface area contributed by atoms with E-state index in [4.69, 9.17) is 22.1 Å². The van der Waals surface area contributed by atoms with Gasteiger partial charge in [-0.05, 0) is 16.0 Å². The summed E-state index contributed by atoms with van der Waals surface area (Å²) in [4.78, 5) is 59.0. The fraction of sp³-hybridized carbons (Fsp3) is 0.316. The minimum atomic E-state index is -1.32. The molecule has 16 nitrogen and oxygen atoms in total. The maximum atomic E-state index is 13.0. The Balaban J connectivity index is 1.48. The number of carbonyl (C=O) groups is 4. The van der Waals surface area contributed by atoms with Crippen LogP contribution in [0.25, 0.3) is 0 Å². The Morgan fingerprint density at radius 1 is 1.39 bits per heavy atom. The molecule has 2 aliphatic heterocycles. The first-order valence-corrected chi connectivity index (χ1v) is 13.3. The second kappa shape index (κ2) is 11.5. The van der Waals surface area contributed by atoms with Gasteiger partial charge in [-0.3, -0.25) is 19.3 Å². The number of nitrogen functional groups attached to an aromatic ring is 1. The van der Waals surface area contributed by atoms with Crippen molar-refractivity contribution in [3.05, 3.63) is 22.3 Å². The number of rotatable bonds is 11. The number of hydrogen-bond donors (Lipinski definition) is 4. The molecule has 2 atom stereocenters. The van der Waals surface area contributed by atoms with Crippen LogP contribution in [-0.4, -0.2) is 99.3 Å². The number of carboxylic acids is 2. The Bertz CT molecular complexity index is 1400. The van der Waals surface area contributed by atoms with Gasteiger partial charge in [-0.2, -0.15) is 0 Å². The van der Waals surface area contributed by atoms with Gasteiger partial charge in [0.15, 0.2) is 17.5 Å². The van der Waals surface area contributed by atoms with E-state index in [9.17, 15) is 24.3 Å². The molecule has 2 aromatic heterocycles. The number of hydrogen-bond acceptors (Lipinski definition) is 14. The molecule has 0 aromatic carbocycles. The minimum Gasteiger partial charge on any atom is -0.480 e. The van der Waals surface area contributed by atoms with Crippen molar-refractivity contribution in [3.8, 4) is 12.3 Å². The molecular formula is C19H17N9O7S3. The summed E-state index contributed by atoms with van der Waals surface area (Å²) in [7, 11) is 0. The number of terminal acetylenes is 1. The molecule has 19 heteroatoms. The van der Waals surface area contributed by atoms with E-state index < -0.39 is 41.7 Å². The highest BCUT2D eigenvalue weighted by molar-refractivity contribution is 8.01. The first-order chi connectivity index (χ1) is 18.2. The van der Waals surface area contributed by atoms with E-state index in [1.54, 1.807) is 0 Å². The van der Waals surface area contributed by atoms with Crippen molar-refractivity contribution in [3.63, 3.8) is 0 Å². The summed E-state index contributed by atoms with van der Waals surface area (Å²) in [6, 6.07) is -1.03. The van der Waals surface area contributed by atoms with Crippen molar-refractivity contribution >= 4 is 69.5 Å². The number of thioether (sulfide) groups is 2. The largest absolute Gasteiger partial charge is 0.480 e. The smallest absolute Gasteiger partial charge is 0.352 e. The van der Waals surface area contributed by atoms with Gasteiger partial charge >= 0.3 is 11.9 Å². The van der Waals surface area contributed by atoms with Crippen molar-refractivity contribution in [2.24, 2.45) is 5.16 Å². The number of aliphatic carboxylic acids is 2. The van der Waals surface area contributed by atoms with Crippen molar-refractivity contribution in [1.29, 1.82) is 0 Å². The average Bonchev–Trinajstić information content (AvgIpc) is 3.50. The number of nitrogens with one attached hydrogen (secondary N) is 1. The molecule has 0 radical (unpaired) electrons. The number of thiazole rings is 1. The molecule has 1 unspecified atom stereocenters. The number of amides is 2. The Morgan fingerprint density at radius 2 is 2.18 bits per heavy atom. The van der Waals surface area contributed by atoms with E-state index in [0.717, 1.165) is 32.7 Å². The van der Waals surface area contributed by atoms with Gasteiger partial charge in [0.05, 0.1) is 0 Å². The highest BCUT2D eigenvalue weighted by atomic mass is 32.2. The summed E-state index contributed by atoms with van der Waals surface area (Å²) in [5.41, 5.74) is 5.72. The second-order valence-corrected chi connectivity index (χ2v) is 10.3. The molecule has 2 amide bonds. The van der Waals surface area contributed by atoms with Gasteiger partial charge in [0.1, 0.15) is 29.4 Å². The lowest BCUT2D eigenvalue weighted by Crippen LogP contribution is -2.71. The topological polar surface area (TPSA) is 228 Å². The molecule has 38 heavy (non-hydrogen) atoms. The van der Waals surface area contributed by atoms with Gasteiger partial charge in [-0.15, -0.1) is 34.6 Å². The molecule has 1 fully saturated rings. The van der Waals surface area contributed by atoms with Gasteiger partial charge in [0.2, 0.25) is 5.16 Å². The van der Waals surface area contributed by atoms with Crippen LogP contribution in [0.3, 0.4) is 0 Å². The second-order valence-electron chi connectivity index (χ2n) is 7.41. The number of tetrazole rings is 1. The quantitative estimate of drug-likeness (QED) is 0.0605. The van der Waals surface area contributed by atoms with E-state index in [0.29, 0.717) is 5.57 Å². The number of nitrogens with zero attached hydrogens (tertiary/aromatic N) is 7. The number of carboxylic acid groups (broad SMARTS) is 2. The van der Waals surface area contributed by atoms with Gasteiger partial charge in [-0.1, -0.05) is 22.8 Å². The van der Waals surface area contributed by atoms with E-state index in [1.807, 2.05) is 0 Å². The number of aromatic nitrogens is 5. The Labute approximate surface area is 225 Å². The summed E-state index contributed by atoms with van der Waals surface area (Å²) >= 11 is 3.36. The van der Waals surface area contributed by atoms with Crippen LogP contribution >= 0.6 is 34.9 Å². The number of nitrogens with two attached hydrogens (primary N) is 1. The third-order valence-electron chi connectivity index (χ3n) is 4.98. The normalized spacial score (nSPS) is 18.9. The fourth-order valence-electron chi connectivity index (χ4n) is 3.42. The van der Waals surface area contributed by atoms with Gasteiger partial charge in [0.25, 0.3) is 11.8 Å². The molecule has 0 bridgehead atoms. The molecule has 4 heterocycles. The molecule has 5 N–H and O–H groups in total. The Hall–Kier alpha value is -4.15. The lowest BCUT2D eigenvalue weighted by atomic mass is 10.0. The summed E-state index contributed by atoms with van der Waals surface area (Å²) in [5.74, 6) is -1.35. The molecule has 2 aliphatic rings. The van der Waals surface area contributed by atoms with Crippen LogP contribution in [0, 0.1) is 12.3 Å². The SMILES string of the molecule is C#CCO/N=C(/C(=O)NC1C(=O)N2C(C(=O)O)=C(CSc3nnnn3CC(=O)O)CS[C@H]12)c1csc(N)n1. The lowest BCUT2D eigenvalue weighted by molar-refractivity contribution is -0.150. The standard InChI is InChI=1S/C19H17N9O7S3/c1-2-3-35-24-11(9-7-37-18(20)21-9)14(31)22-12-15(32)28-13(17(33)34)8(5-36-16(12)28)6-38-19-23-25-26-27(19)4-10(29)30/h1,7,12,16H,3-6H2,(H2,20,21)(H,22,31)(H,29,30)(H,33,34)/b24-11+/t12?,16-/m1/s1. The first kappa shape index (κ1) is 26.9. The highest BCUT2D eigenvalue weighted by Crippen LogP contribution is 2.41. The zero-order chi connectivity index (χ0) is 27.4. The Kier molecular flexibility index (Phi) is 8.13. The summed E-state index contributed by atoms with van der Waals surface area (Å²) in [5, 5.41) is 37.1. The van der Waals surface area contributed by atoms with Gasteiger partial charge < -0.3 is 26.1 Å². The predicted molar refractivity (Wildman–Crippen MR) is 134 cm³/mol. The molecule has 0 aliphatic carbocycles. The van der Waals surface area contributed by atoms with E-state index >= 15 is 0 Å². The van der Waals surface area contributed by atoms with Crippen LogP contribution in [0.2, 0.25) is 0 Å². The van der Waals surface area contributed by atoms with E-state index in [2.05, 4.69) is 36.9 Å². The van der Waals surface area contributed by atoms with Crippen LogP contribution in [0.5, 0.6) is 0 Å². The zero-order valence-electron chi connectivity index (χ0n) is 19.0. The summed E-state index contributed by atoms with van der Waals surface area (Å²) in [6.45, 7) is -0.670. The number of oxime groups is 1. The third-order valence-corrected chi connectivity index (χ3v) is 8.04. The van der Waals surface area contributed by atoms with Crippen LogP contribution in [-0.2, 0) is 30.6 Å². The van der Waals surface area contributed by atoms with Crippen LogP contribution in [0.15, 0.2) is 27.0 Å². The van der Waals surface area contributed by atoms with Crippen molar-refractivity contribution in [2.45, 2.75) is 23.1 Å². The summed E-state index contributed by atoms with van der Waals surface area (Å²) in [6.07, 6.45) is 5.14. The van der Waals surface area contributed by atoms with Gasteiger partial charge in [-0.25, -0.2) is 14.5 Å². The van der Waals surface area contributed by atoms with Gasteiger partial charge in [0, 0.05) is 16.9 Å². The van der Waals surface area contributed by atoms with Crippen molar-refractivity contribution in [2.75, 3.05) is 23.8 Å². The molecule has 2 aromatic rings. The molecular weight excluding hydrogens is 562 g/mol. The molecule has 0 saturated carbocycles. The van der Waals surface area contributed by atoms with Crippen molar-refractivity contribution in [1.82, 2.24) is 35.4 Å². The number of fused-ring (bicyclic) bond motifs is 1. The fourth-order valence-corrected chi connectivity index (χ4v) is 6.33.